The molecule has 0 bridgehead atoms. The number of benzene rings is 3. The van der Waals surface area contributed by atoms with Crippen LogP contribution >= 0.6 is 0 Å². The van der Waals surface area contributed by atoms with Gasteiger partial charge in [-0.15, -0.1) is 0 Å². The Morgan fingerprint density at radius 1 is 0.972 bits per heavy atom. The van der Waals surface area contributed by atoms with Crippen molar-refractivity contribution in [2.24, 2.45) is 11.8 Å². The van der Waals surface area contributed by atoms with Crippen LogP contribution in [0.3, 0.4) is 0 Å². The molecule has 3 aromatic rings. The van der Waals surface area contributed by atoms with Gasteiger partial charge in [-0.1, -0.05) is 48.5 Å². The lowest BCUT2D eigenvalue weighted by molar-refractivity contribution is -0.152. The van der Waals surface area contributed by atoms with Crippen LogP contribution in [0.5, 0.6) is 5.75 Å². The highest BCUT2D eigenvalue weighted by atomic mass is 19.1. The maximum absolute atomic E-state index is 15.0. The Labute approximate surface area is 207 Å². The highest BCUT2D eigenvalue weighted by Gasteiger charge is 2.70. The standard InChI is InChI=1S/C28H25FN2O5/c1-3-36-19-15-13-18(14-16-19)31-25(32)22-23(26(31)33)28(27(34)35-2,17-9-5-4-6-10-17)30-24(22)20-11-7-8-12-21(20)29/h4-16,22-24,30H,3H2,1-2H3. The summed E-state index contributed by atoms with van der Waals surface area (Å²) >= 11 is 0. The number of hydrogen-bond donors (Lipinski definition) is 1. The van der Waals surface area contributed by atoms with Gasteiger partial charge in [-0.05, 0) is 42.8 Å². The van der Waals surface area contributed by atoms with Crippen molar-refractivity contribution >= 4 is 23.5 Å². The zero-order valence-electron chi connectivity index (χ0n) is 19.8. The van der Waals surface area contributed by atoms with Gasteiger partial charge in [0.2, 0.25) is 11.8 Å². The summed E-state index contributed by atoms with van der Waals surface area (Å²) in [7, 11) is 1.23. The van der Waals surface area contributed by atoms with Gasteiger partial charge in [0.15, 0.2) is 5.54 Å². The molecule has 0 radical (unpaired) electrons. The van der Waals surface area contributed by atoms with E-state index >= 15 is 4.39 Å². The van der Waals surface area contributed by atoms with Crippen LogP contribution in [0.1, 0.15) is 24.1 Å². The van der Waals surface area contributed by atoms with E-state index in [9.17, 15) is 14.4 Å². The topological polar surface area (TPSA) is 84.9 Å². The highest BCUT2D eigenvalue weighted by Crippen LogP contribution is 2.54. The van der Waals surface area contributed by atoms with Gasteiger partial charge in [-0.2, -0.15) is 0 Å². The van der Waals surface area contributed by atoms with Crippen molar-refractivity contribution in [1.82, 2.24) is 5.32 Å². The number of nitrogens with zero attached hydrogens (tertiary/aromatic N) is 1. The minimum atomic E-state index is -1.69. The van der Waals surface area contributed by atoms with Crippen molar-refractivity contribution in [2.45, 2.75) is 18.5 Å². The number of imide groups is 1. The summed E-state index contributed by atoms with van der Waals surface area (Å²) in [5.41, 5.74) is -0.688. The SMILES string of the molecule is CCOc1ccc(N2C(=O)C3C(c4ccccc4F)NC(C(=O)OC)(c4ccccc4)C3C2=O)cc1. The smallest absolute Gasteiger partial charge is 0.331 e. The molecule has 4 unspecified atom stereocenters. The van der Waals surface area contributed by atoms with E-state index in [0.29, 0.717) is 23.6 Å². The first kappa shape index (κ1) is 23.7. The number of esters is 1. The summed E-state index contributed by atoms with van der Waals surface area (Å²) in [6.45, 7) is 2.33. The van der Waals surface area contributed by atoms with Gasteiger partial charge in [0.05, 0.1) is 31.2 Å². The summed E-state index contributed by atoms with van der Waals surface area (Å²) in [6.07, 6.45) is 0. The van der Waals surface area contributed by atoms with Gasteiger partial charge in [-0.3, -0.25) is 14.9 Å². The molecule has 36 heavy (non-hydrogen) atoms. The molecule has 184 valence electrons. The van der Waals surface area contributed by atoms with Crippen molar-refractivity contribution in [3.05, 3.63) is 95.8 Å². The average Bonchev–Trinajstić information content (AvgIpc) is 3.39. The van der Waals surface area contributed by atoms with Crippen molar-refractivity contribution in [3.63, 3.8) is 0 Å². The van der Waals surface area contributed by atoms with E-state index in [1.807, 2.05) is 6.92 Å². The lowest BCUT2D eigenvalue weighted by Gasteiger charge is -2.33. The number of halogens is 1. The lowest BCUT2D eigenvalue weighted by atomic mass is 9.75. The van der Waals surface area contributed by atoms with Crippen LogP contribution < -0.4 is 15.0 Å². The molecule has 8 heteroatoms. The first-order chi connectivity index (χ1) is 17.4. The van der Waals surface area contributed by atoms with Crippen LogP contribution in [0.2, 0.25) is 0 Å². The fourth-order valence-electron chi connectivity index (χ4n) is 5.45. The number of rotatable bonds is 6. The molecule has 4 atom stereocenters. The fraction of sp³-hybridized carbons (Fsp3) is 0.250. The van der Waals surface area contributed by atoms with Crippen LogP contribution in [0.15, 0.2) is 78.9 Å². The van der Waals surface area contributed by atoms with Crippen molar-refractivity contribution < 1.29 is 28.2 Å². The van der Waals surface area contributed by atoms with Crippen LogP contribution in [0.25, 0.3) is 0 Å². The van der Waals surface area contributed by atoms with E-state index in [1.165, 1.54) is 13.2 Å². The largest absolute Gasteiger partial charge is 0.494 e. The number of nitrogens with one attached hydrogen (secondary N) is 1. The number of ether oxygens (including phenoxy) is 2. The predicted octanol–water partition coefficient (Wildman–Crippen LogP) is 3.74. The minimum absolute atomic E-state index is 0.198. The zero-order chi connectivity index (χ0) is 25.4. The highest BCUT2D eigenvalue weighted by molar-refractivity contribution is 6.24. The number of fused-ring (bicyclic) bond motifs is 1. The Bertz CT molecular complexity index is 1310. The Morgan fingerprint density at radius 3 is 2.28 bits per heavy atom. The molecule has 2 fully saturated rings. The molecule has 5 rings (SSSR count). The van der Waals surface area contributed by atoms with Crippen molar-refractivity contribution in [1.29, 1.82) is 0 Å². The first-order valence-corrected chi connectivity index (χ1v) is 11.7. The second-order valence-electron chi connectivity index (χ2n) is 8.75. The summed E-state index contributed by atoms with van der Waals surface area (Å²) in [5.74, 6) is -3.94. The maximum Gasteiger partial charge on any atom is 0.331 e. The molecular formula is C28H25FN2O5. The van der Waals surface area contributed by atoms with Crippen LogP contribution in [-0.4, -0.2) is 31.5 Å². The van der Waals surface area contributed by atoms with E-state index in [4.69, 9.17) is 9.47 Å². The lowest BCUT2D eigenvalue weighted by Crippen LogP contribution is -2.53. The molecular weight excluding hydrogens is 463 g/mol. The van der Waals surface area contributed by atoms with E-state index in [0.717, 1.165) is 4.90 Å². The number of carbonyl (C=O) groups excluding carboxylic acids is 3. The van der Waals surface area contributed by atoms with Crippen LogP contribution in [0, 0.1) is 17.7 Å². The average molecular weight is 489 g/mol. The Hall–Kier alpha value is -4.04. The van der Waals surface area contributed by atoms with Crippen molar-refractivity contribution in [2.75, 3.05) is 18.6 Å². The van der Waals surface area contributed by atoms with Gasteiger partial charge in [0.25, 0.3) is 0 Å². The Balaban J connectivity index is 1.69. The molecule has 2 aliphatic rings. The Kier molecular flexibility index (Phi) is 6.05. The number of amides is 2. The van der Waals surface area contributed by atoms with E-state index in [1.54, 1.807) is 72.8 Å². The van der Waals surface area contributed by atoms with Crippen molar-refractivity contribution in [3.8, 4) is 5.75 Å². The number of hydrogen-bond acceptors (Lipinski definition) is 6. The van der Waals surface area contributed by atoms with Crippen LogP contribution in [0.4, 0.5) is 10.1 Å². The molecule has 3 aromatic carbocycles. The summed E-state index contributed by atoms with van der Waals surface area (Å²) in [6, 6.07) is 20.3. The van der Waals surface area contributed by atoms with Gasteiger partial charge in [0, 0.05) is 11.6 Å². The first-order valence-electron chi connectivity index (χ1n) is 11.7. The van der Waals surface area contributed by atoms with Gasteiger partial charge in [0.1, 0.15) is 11.6 Å². The van der Waals surface area contributed by atoms with E-state index < -0.39 is 47.0 Å². The summed E-state index contributed by atoms with van der Waals surface area (Å²) in [4.78, 5) is 42.5. The zero-order valence-corrected chi connectivity index (χ0v) is 19.8. The molecule has 0 saturated carbocycles. The predicted molar refractivity (Wildman–Crippen MR) is 129 cm³/mol. The molecule has 0 aromatic heterocycles. The van der Waals surface area contributed by atoms with E-state index in [-0.39, 0.29) is 5.56 Å². The molecule has 2 aliphatic heterocycles. The third-order valence-electron chi connectivity index (χ3n) is 6.94. The monoisotopic (exact) mass is 488 g/mol. The third-order valence-corrected chi connectivity index (χ3v) is 6.94. The molecule has 1 N–H and O–H groups in total. The molecule has 0 aliphatic carbocycles. The van der Waals surface area contributed by atoms with E-state index in [2.05, 4.69) is 5.32 Å². The molecule has 0 spiro atoms. The van der Waals surface area contributed by atoms with Crippen LogP contribution in [-0.2, 0) is 24.7 Å². The third kappa shape index (κ3) is 3.48. The quantitative estimate of drug-likeness (QED) is 0.420. The molecule has 7 nitrogen and oxygen atoms in total. The number of carbonyl (C=O) groups is 3. The van der Waals surface area contributed by atoms with Gasteiger partial charge < -0.3 is 9.47 Å². The molecule has 2 amide bonds. The minimum Gasteiger partial charge on any atom is -0.494 e. The molecule has 2 heterocycles. The normalized spacial score (nSPS) is 25.1. The number of anilines is 1. The second-order valence-corrected chi connectivity index (χ2v) is 8.75. The second kappa shape index (κ2) is 9.20. The Morgan fingerprint density at radius 2 is 1.64 bits per heavy atom. The van der Waals surface area contributed by atoms with Gasteiger partial charge in [-0.25, -0.2) is 14.1 Å². The maximum atomic E-state index is 15.0. The fourth-order valence-corrected chi connectivity index (χ4v) is 5.45. The molecule has 2 saturated heterocycles. The van der Waals surface area contributed by atoms with Gasteiger partial charge >= 0.3 is 5.97 Å². The number of methoxy groups -OCH3 is 1. The summed E-state index contributed by atoms with van der Waals surface area (Å²) < 4.78 is 25.7. The summed E-state index contributed by atoms with van der Waals surface area (Å²) in [5, 5.41) is 3.19.